The highest BCUT2D eigenvalue weighted by Crippen LogP contribution is 2.26. The lowest BCUT2D eigenvalue weighted by Crippen LogP contribution is -2.12. The Kier molecular flexibility index (Phi) is 2.95. The number of methoxy groups -OCH3 is 1. The number of benzene rings is 1. The van der Waals surface area contributed by atoms with Crippen molar-refractivity contribution in [3.8, 4) is 5.75 Å². The van der Waals surface area contributed by atoms with E-state index in [-0.39, 0.29) is 5.91 Å². The molecule has 0 radical (unpaired) electrons. The topological polar surface area (TPSA) is 93.0 Å². The predicted octanol–water partition coefficient (Wildman–Crippen LogP) is 1.25. The Morgan fingerprint density at radius 2 is 2.35 bits per heavy atom. The van der Waals surface area contributed by atoms with E-state index >= 15 is 0 Å². The van der Waals surface area contributed by atoms with Crippen molar-refractivity contribution in [2.24, 2.45) is 0 Å². The number of nitrogens with zero attached hydrogens (tertiary/aromatic N) is 1. The number of aromatic amines is 1. The molecule has 0 bridgehead atoms. The van der Waals surface area contributed by atoms with Crippen molar-refractivity contribution in [3.63, 3.8) is 0 Å². The van der Waals surface area contributed by atoms with Gasteiger partial charge >= 0.3 is 0 Å². The number of carbonyl (C=O) groups is 1. The molecule has 0 atom stereocenters. The Morgan fingerprint density at radius 3 is 3.00 bits per heavy atom. The Hall–Kier alpha value is -2.50. The first-order chi connectivity index (χ1) is 8.20. The average molecular weight is 232 g/mol. The van der Waals surface area contributed by atoms with E-state index in [9.17, 15) is 4.79 Å². The van der Waals surface area contributed by atoms with Gasteiger partial charge in [0.2, 0.25) is 0 Å². The largest absolute Gasteiger partial charge is 0.495 e. The maximum absolute atomic E-state index is 11.8. The first kappa shape index (κ1) is 11.0. The van der Waals surface area contributed by atoms with E-state index in [1.807, 2.05) is 0 Å². The van der Waals surface area contributed by atoms with Crippen molar-refractivity contribution < 1.29 is 9.53 Å². The molecule has 1 aromatic carbocycles. The van der Waals surface area contributed by atoms with Crippen LogP contribution in [0.15, 0.2) is 30.6 Å². The highest BCUT2D eigenvalue weighted by atomic mass is 16.5. The third-order valence-electron chi connectivity index (χ3n) is 2.23. The maximum Gasteiger partial charge on any atom is 0.258 e. The second-order valence-corrected chi connectivity index (χ2v) is 3.40. The van der Waals surface area contributed by atoms with Crippen LogP contribution < -0.4 is 15.8 Å². The summed E-state index contributed by atoms with van der Waals surface area (Å²) in [5.74, 6) is 0.277. The number of hydrogen-bond donors (Lipinski definition) is 3. The van der Waals surface area contributed by atoms with Gasteiger partial charge in [-0.05, 0) is 18.2 Å². The number of ether oxygens (including phenoxy) is 1. The van der Waals surface area contributed by atoms with Crippen LogP contribution in [-0.4, -0.2) is 23.2 Å². The zero-order chi connectivity index (χ0) is 12.3. The first-order valence-electron chi connectivity index (χ1n) is 4.94. The lowest BCUT2D eigenvalue weighted by atomic mass is 10.2. The molecule has 0 aliphatic heterocycles. The summed E-state index contributed by atoms with van der Waals surface area (Å²) in [6, 6.07) is 5.03. The molecular weight excluding hydrogens is 220 g/mol. The van der Waals surface area contributed by atoms with E-state index in [0.717, 1.165) is 0 Å². The van der Waals surface area contributed by atoms with E-state index in [1.165, 1.54) is 19.5 Å². The van der Waals surface area contributed by atoms with E-state index in [1.54, 1.807) is 18.2 Å². The lowest BCUT2D eigenvalue weighted by Gasteiger charge is -2.09. The minimum Gasteiger partial charge on any atom is -0.495 e. The first-order valence-corrected chi connectivity index (χ1v) is 4.94. The van der Waals surface area contributed by atoms with Crippen LogP contribution in [-0.2, 0) is 0 Å². The fraction of sp³-hybridized carbons (Fsp3) is 0.0909. The molecule has 1 heterocycles. The number of amides is 1. The van der Waals surface area contributed by atoms with Gasteiger partial charge in [0.1, 0.15) is 5.75 Å². The van der Waals surface area contributed by atoms with Gasteiger partial charge in [0, 0.05) is 11.9 Å². The molecule has 0 aliphatic rings. The molecule has 0 aliphatic carbocycles. The highest BCUT2D eigenvalue weighted by Gasteiger charge is 2.10. The van der Waals surface area contributed by atoms with E-state index < -0.39 is 0 Å². The standard InChI is InChI=1S/C11H12N4O2/c1-17-10-3-2-8(12)4-9(10)15-11(16)7-5-13-14-6-7/h2-6H,12H2,1H3,(H,13,14)(H,15,16). The molecule has 1 aromatic heterocycles. The third kappa shape index (κ3) is 2.36. The number of aromatic nitrogens is 2. The monoisotopic (exact) mass is 232 g/mol. The summed E-state index contributed by atoms with van der Waals surface area (Å²) in [5.41, 5.74) is 7.17. The van der Waals surface area contributed by atoms with Gasteiger partial charge in [-0.15, -0.1) is 0 Å². The van der Waals surface area contributed by atoms with Crippen LogP contribution in [0.3, 0.4) is 0 Å². The summed E-state index contributed by atoms with van der Waals surface area (Å²) in [4.78, 5) is 11.8. The molecule has 0 saturated carbocycles. The molecule has 0 spiro atoms. The predicted molar refractivity (Wildman–Crippen MR) is 63.9 cm³/mol. The van der Waals surface area contributed by atoms with Crippen LogP contribution in [0.25, 0.3) is 0 Å². The second kappa shape index (κ2) is 4.56. The number of anilines is 2. The highest BCUT2D eigenvalue weighted by molar-refractivity contribution is 6.04. The number of nitrogens with one attached hydrogen (secondary N) is 2. The fourth-order valence-corrected chi connectivity index (χ4v) is 1.39. The van der Waals surface area contributed by atoms with Crippen molar-refractivity contribution >= 4 is 17.3 Å². The van der Waals surface area contributed by atoms with Gasteiger partial charge in [-0.1, -0.05) is 0 Å². The van der Waals surface area contributed by atoms with Gasteiger partial charge in [-0.2, -0.15) is 5.10 Å². The summed E-state index contributed by atoms with van der Waals surface area (Å²) >= 11 is 0. The number of carbonyl (C=O) groups excluding carboxylic acids is 1. The van der Waals surface area contributed by atoms with Gasteiger partial charge in [0.15, 0.2) is 0 Å². The zero-order valence-corrected chi connectivity index (χ0v) is 9.23. The smallest absolute Gasteiger partial charge is 0.258 e. The summed E-state index contributed by atoms with van der Waals surface area (Å²) in [6.45, 7) is 0. The Labute approximate surface area is 97.8 Å². The van der Waals surface area contributed by atoms with Crippen molar-refractivity contribution in [1.29, 1.82) is 0 Å². The molecule has 17 heavy (non-hydrogen) atoms. The van der Waals surface area contributed by atoms with E-state index in [0.29, 0.717) is 22.7 Å². The third-order valence-corrected chi connectivity index (χ3v) is 2.23. The van der Waals surface area contributed by atoms with Crippen LogP contribution in [0.5, 0.6) is 5.75 Å². The van der Waals surface area contributed by atoms with Crippen LogP contribution in [0, 0.1) is 0 Å². The Balaban J connectivity index is 2.23. The van der Waals surface area contributed by atoms with Gasteiger partial charge in [0.05, 0.1) is 24.6 Å². The van der Waals surface area contributed by atoms with Crippen LogP contribution in [0.1, 0.15) is 10.4 Å². The van der Waals surface area contributed by atoms with Crippen molar-refractivity contribution in [1.82, 2.24) is 10.2 Å². The average Bonchev–Trinajstić information content (AvgIpc) is 2.83. The number of nitrogen functional groups attached to an aromatic ring is 1. The van der Waals surface area contributed by atoms with Gasteiger partial charge < -0.3 is 15.8 Å². The molecule has 6 nitrogen and oxygen atoms in total. The minimum atomic E-state index is -0.275. The molecule has 88 valence electrons. The van der Waals surface area contributed by atoms with Crippen molar-refractivity contribution in [2.45, 2.75) is 0 Å². The molecular formula is C11H12N4O2. The SMILES string of the molecule is COc1ccc(N)cc1NC(=O)c1cn[nH]c1. The Bertz CT molecular complexity index is 522. The maximum atomic E-state index is 11.8. The molecule has 0 fully saturated rings. The molecule has 2 rings (SSSR count). The molecule has 1 amide bonds. The van der Waals surface area contributed by atoms with Crippen LogP contribution >= 0.6 is 0 Å². The molecule has 6 heteroatoms. The van der Waals surface area contributed by atoms with Crippen LogP contribution in [0.2, 0.25) is 0 Å². The molecule has 0 saturated heterocycles. The molecule has 4 N–H and O–H groups in total. The fourth-order valence-electron chi connectivity index (χ4n) is 1.39. The van der Waals surface area contributed by atoms with Crippen LogP contribution in [0.4, 0.5) is 11.4 Å². The Morgan fingerprint density at radius 1 is 1.53 bits per heavy atom. The number of hydrogen-bond acceptors (Lipinski definition) is 4. The summed E-state index contributed by atoms with van der Waals surface area (Å²) in [7, 11) is 1.53. The van der Waals surface area contributed by atoms with E-state index in [4.69, 9.17) is 10.5 Å². The lowest BCUT2D eigenvalue weighted by molar-refractivity contribution is 0.102. The number of H-pyrrole nitrogens is 1. The number of rotatable bonds is 3. The van der Waals surface area contributed by atoms with Gasteiger partial charge in [0.25, 0.3) is 5.91 Å². The van der Waals surface area contributed by atoms with Crippen molar-refractivity contribution in [2.75, 3.05) is 18.2 Å². The minimum absolute atomic E-state index is 0.275. The quantitative estimate of drug-likeness (QED) is 0.694. The van der Waals surface area contributed by atoms with Crippen molar-refractivity contribution in [3.05, 3.63) is 36.2 Å². The second-order valence-electron chi connectivity index (χ2n) is 3.40. The molecule has 2 aromatic rings. The summed E-state index contributed by atoms with van der Waals surface area (Å²) < 4.78 is 5.12. The molecule has 0 unspecified atom stereocenters. The normalized spacial score (nSPS) is 9.94. The van der Waals surface area contributed by atoms with Gasteiger partial charge in [-0.25, -0.2) is 0 Å². The summed E-state index contributed by atoms with van der Waals surface area (Å²) in [5, 5.41) is 8.97. The number of nitrogens with two attached hydrogens (primary N) is 1. The zero-order valence-electron chi connectivity index (χ0n) is 9.23. The summed E-state index contributed by atoms with van der Waals surface area (Å²) in [6.07, 6.45) is 2.95. The van der Waals surface area contributed by atoms with Gasteiger partial charge in [-0.3, -0.25) is 9.89 Å². The van der Waals surface area contributed by atoms with E-state index in [2.05, 4.69) is 15.5 Å².